The number of esters is 1. The van der Waals surface area contributed by atoms with E-state index in [4.69, 9.17) is 0 Å². The van der Waals surface area contributed by atoms with Gasteiger partial charge in [0.25, 0.3) is 10.0 Å². The Kier molecular flexibility index (Phi) is 4.24. The van der Waals surface area contributed by atoms with Crippen LogP contribution in [-0.4, -0.2) is 26.5 Å². The zero-order chi connectivity index (χ0) is 15.6. The second-order valence-electron chi connectivity index (χ2n) is 3.99. The average Bonchev–Trinajstić information content (AvgIpc) is 2.78. The molecule has 21 heavy (non-hydrogen) atoms. The molecule has 112 valence electrons. The number of nitrogens with one attached hydrogen (secondary N) is 1. The van der Waals surface area contributed by atoms with Crippen molar-refractivity contribution in [3.8, 4) is 0 Å². The normalized spacial score (nSPS) is 11.2. The predicted octanol–water partition coefficient (Wildman–Crippen LogP) is 2.18. The number of thiazole rings is 1. The van der Waals surface area contributed by atoms with Crippen LogP contribution in [0.1, 0.15) is 15.4 Å². The number of aromatic nitrogens is 1. The Morgan fingerprint density at radius 1 is 1.43 bits per heavy atom. The van der Waals surface area contributed by atoms with Gasteiger partial charge in [-0.1, -0.05) is 17.4 Å². The fraction of sp³-hybridized carbons (Fsp3) is 0.167. The van der Waals surface area contributed by atoms with Crippen LogP contribution < -0.4 is 4.72 Å². The molecular formula is C12H11FN2O4S2. The quantitative estimate of drug-likeness (QED) is 0.869. The van der Waals surface area contributed by atoms with Crippen molar-refractivity contribution in [3.05, 3.63) is 40.7 Å². The van der Waals surface area contributed by atoms with Gasteiger partial charge in [-0.05, 0) is 25.1 Å². The van der Waals surface area contributed by atoms with E-state index < -0.39 is 21.8 Å². The molecule has 0 saturated heterocycles. The first kappa shape index (κ1) is 15.4. The highest BCUT2D eigenvalue weighted by Crippen LogP contribution is 2.25. The van der Waals surface area contributed by atoms with Crippen LogP contribution in [0.2, 0.25) is 0 Å². The SMILES string of the molecule is COC(=O)c1sc(NS(=O)(=O)c2cccc(F)c2)nc1C. The highest BCUT2D eigenvalue weighted by Gasteiger charge is 2.20. The first-order valence-corrected chi connectivity index (χ1v) is 7.97. The van der Waals surface area contributed by atoms with Gasteiger partial charge in [0.2, 0.25) is 0 Å². The summed E-state index contributed by atoms with van der Waals surface area (Å²) in [4.78, 5) is 15.4. The Labute approximate surface area is 124 Å². The van der Waals surface area contributed by atoms with Gasteiger partial charge < -0.3 is 4.74 Å². The maximum Gasteiger partial charge on any atom is 0.350 e. The van der Waals surface area contributed by atoms with Crippen molar-refractivity contribution in [2.75, 3.05) is 11.8 Å². The Bertz CT molecular complexity index is 786. The lowest BCUT2D eigenvalue weighted by atomic mass is 10.4. The Morgan fingerprint density at radius 2 is 2.14 bits per heavy atom. The van der Waals surface area contributed by atoms with E-state index in [0.29, 0.717) is 5.69 Å². The fourth-order valence-electron chi connectivity index (χ4n) is 1.53. The summed E-state index contributed by atoms with van der Waals surface area (Å²) >= 11 is 0.848. The smallest absolute Gasteiger partial charge is 0.350 e. The minimum atomic E-state index is -3.97. The molecule has 1 heterocycles. The van der Waals surface area contributed by atoms with E-state index in [0.717, 1.165) is 23.5 Å². The summed E-state index contributed by atoms with van der Waals surface area (Å²) in [5.74, 6) is -1.26. The van der Waals surface area contributed by atoms with Crippen LogP contribution in [0.25, 0.3) is 0 Å². The van der Waals surface area contributed by atoms with Gasteiger partial charge in [-0.2, -0.15) is 0 Å². The molecule has 0 fully saturated rings. The van der Waals surface area contributed by atoms with E-state index in [1.54, 1.807) is 6.92 Å². The Balaban J connectivity index is 2.31. The van der Waals surface area contributed by atoms with E-state index in [1.807, 2.05) is 0 Å². The van der Waals surface area contributed by atoms with Crippen molar-refractivity contribution in [2.45, 2.75) is 11.8 Å². The van der Waals surface area contributed by atoms with Crippen LogP contribution >= 0.6 is 11.3 Å². The van der Waals surface area contributed by atoms with Crippen LogP contribution in [0.4, 0.5) is 9.52 Å². The molecule has 6 nitrogen and oxygen atoms in total. The van der Waals surface area contributed by atoms with E-state index in [1.165, 1.54) is 19.2 Å². The monoisotopic (exact) mass is 330 g/mol. The van der Waals surface area contributed by atoms with E-state index in [-0.39, 0.29) is 14.9 Å². The molecule has 2 aromatic rings. The lowest BCUT2D eigenvalue weighted by molar-refractivity contribution is 0.0605. The van der Waals surface area contributed by atoms with Crippen LogP contribution in [-0.2, 0) is 14.8 Å². The molecule has 0 bridgehead atoms. The third-order valence-corrected chi connectivity index (χ3v) is 5.01. The summed E-state index contributed by atoms with van der Waals surface area (Å²) < 4.78 is 44.0. The number of sulfonamides is 1. The number of rotatable bonds is 4. The maximum atomic E-state index is 13.1. The molecule has 0 aliphatic carbocycles. The first-order chi connectivity index (χ1) is 9.83. The van der Waals surface area contributed by atoms with E-state index in [2.05, 4.69) is 14.4 Å². The summed E-state index contributed by atoms with van der Waals surface area (Å²) in [6, 6.07) is 4.58. The van der Waals surface area contributed by atoms with Crippen molar-refractivity contribution >= 4 is 32.5 Å². The number of anilines is 1. The topological polar surface area (TPSA) is 85.4 Å². The summed E-state index contributed by atoms with van der Waals surface area (Å²) in [6.07, 6.45) is 0. The maximum absolute atomic E-state index is 13.1. The highest BCUT2D eigenvalue weighted by molar-refractivity contribution is 7.93. The molecule has 0 spiro atoms. The van der Waals surface area contributed by atoms with Crippen molar-refractivity contribution < 1.29 is 22.3 Å². The molecular weight excluding hydrogens is 319 g/mol. The molecule has 0 aliphatic rings. The number of carbonyl (C=O) groups excluding carboxylic acids is 1. The summed E-state index contributed by atoms with van der Waals surface area (Å²) in [6.45, 7) is 1.56. The second kappa shape index (κ2) is 5.78. The number of carbonyl (C=O) groups is 1. The van der Waals surface area contributed by atoms with Gasteiger partial charge in [-0.15, -0.1) is 0 Å². The largest absolute Gasteiger partial charge is 0.465 e. The van der Waals surface area contributed by atoms with Crippen LogP contribution in [0.15, 0.2) is 29.2 Å². The minimum absolute atomic E-state index is 0.0113. The van der Waals surface area contributed by atoms with Crippen molar-refractivity contribution in [1.82, 2.24) is 4.98 Å². The minimum Gasteiger partial charge on any atom is -0.465 e. The number of nitrogens with zero attached hydrogens (tertiary/aromatic N) is 1. The average molecular weight is 330 g/mol. The van der Waals surface area contributed by atoms with Crippen LogP contribution in [0, 0.1) is 12.7 Å². The van der Waals surface area contributed by atoms with Crippen LogP contribution in [0.5, 0.6) is 0 Å². The van der Waals surface area contributed by atoms with Crippen molar-refractivity contribution in [1.29, 1.82) is 0 Å². The van der Waals surface area contributed by atoms with Gasteiger partial charge in [0.05, 0.1) is 17.7 Å². The lowest BCUT2D eigenvalue weighted by Gasteiger charge is -2.04. The molecule has 1 aromatic heterocycles. The molecule has 1 aromatic carbocycles. The zero-order valence-corrected chi connectivity index (χ0v) is 12.7. The third-order valence-electron chi connectivity index (χ3n) is 2.50. The van der Waals surface area contributed by atoms with Crippen molar-refractivity contribution in [3.63, 3.8) is 0 Å². The van der Waals surface area contributed by atoms with E-state index in [9.17, 15) is 17.6 Å². The standard InChI is InChI=1S/C12H11FN2O4S2/c1-7-10(11(16)19-2)20-12(14-7)15-21(17,18)9-5-3-4-8(13)6-9/h3-6H,1-2H3,(H,14,15). The van der Waals surface area contributed by atoms with Crippen LogP contribution in [0.3, 0.4) is 0 Å². The number of halogens is 1. The van der Waals surface area contributed by atoms with Gasteiger partial charge in [0.1, 0.15) is 10.7 Å². The molecule has 0 unspecified atom stereocenters. The highest BCUT2D eigenvalue weighted by atomic mass is 32.2. The molecule has 0 aliphatic heterocycles. The van der Waals surface area contributed by atoms with Gasteiger partial charge in [-0.25, -0.2) is 22.6 Å². The van der Waals surface area contributed by atoms with Gasteiger partial charge >= 0.3 is 5.97 Å². The number of ether oxygens (including phenoxy) is 1. The van der Waals surface area contributed by atoms with E-state index >= 15 is 0 Å². The number of aryl methyl sites for hydroxylation is 1. The van der Waals surface area contributed by atoms with Gasteiger partial charge in [0.15, 0.2) is 5.13 Å². The Hall–Kier alpha value is -2.00. The zero-order valence-electron chi connectivity index (χ0n) is 11.1. The van der Waals surface area contributed by atoms with Gasteiger partial charge in [0, 0.05) is 0 Å². The predicted molar refractivity (Wildman–Crippen MR) is 75.4 cm³/mol. The molecule has 0 saturated carbocycles. The summed E-state index contributed by atoms with van der Waals surface area (Å²) in [5.41, 5.74) is 0.351. The molecule has 2 rings (SSSR count). The molecule has 9 heteroatoms. The summed E-state index contributed by atoms with van der Waals surface area (Å²) in [5, 5.41) is 0.0113. The number of methoxy groups -OCH3 is 1. The lowest BCUT2D eigenvalue weighted by Crippen LogP contribution is -2.12. The number of benzene rings is 1. The Morgan fingerprint density at radius 3 is 2.76 bits per heavy atom. The molecule has 0 atom stereocenters. The number of hydrogen-bond acceptors (Lipinski definition) is 6. The molecule has 1 N–H and O–H groups in total. The third kappa shape index (κ3) is 3.37. The fourth-order valence-corrected chi connectivity index (χ4v) is 3.68. The molecule has 0 radical (unpaired) electrons. The molecule has 0 amide bonds. The first-order valence-electron chi connectivity index (χ1n) is 5.67. The second-order valence-corrected chi connectivity index (χ2v) is 6.67. The number of hydrogen-bond donors (Lipinski definition) is 1. The van der Waals surface area contributed by atoms with Gasteiger partial charge in [-0.3, -0.25) is 4.72 Å². The van der Waals surface area contributed by atoms with Crippen molar-refractivity contribution in [2.24, 2.45) is 0 Å². The summed E-state index contributed by atoms with van der Waals surface area (Å²) in [7, 11) is -2.75.